The number of methoxy groups -OCH3 is 1. The lowest BCUT2D eigenvalue weighted by molar-refractivity contribution is 0.0979. The lowest BCUT2D eigenvalue weighted by Crippen LogP contribution is -2.34. The van der Waals surface area contributed by atoms with Gasteiger partial charge in [0, 0.05) is 21.7 Å². The van der Waals surface area contributed by atoms with Crippen LogP contribution in [0.3, 0.4) is 0 Å². The van der Waals surface area contributed by atoms with Crippen molar-refractivity contribution in [3.05, 3.63) is 89.4 Å². The first-order chi connectivity index (χ1) is 16.5. The van der Waals surface area contributed by atoms with E-state index in [4.69, 9.17) is 28.6 Å². The van der Waals surface area contributed by atoms with Crippen LogP contribution in [0.5, 0.6) is 5.75 Å². The smallest absolute Gasteiger partial charge is 0.258 e. The van der Waals surface area contributed by atoms with Gasteiger partial charge in [0.1, 0.15) is 16.8 Å². The van der Waals surface area contributed by atoms with Crippen molar-refractivity contribution >= 4 is 62.3 Å². The molecule has 0 bridgehead atoms. The van der Waals surface area contributed by atoms with Gasteiger partial charge in [0.15, 0.2) is 5.11 Å². The van der Waals surface area contributed by atoms with Crippen molar-refractivity contribution < 1.29 is 9.53 Å². The maximum atomic E-state index is 12.9. The first kappa shape index (κ1) is 21.8. The van der Waals surface area contributed by atoms with Gasteiger partial charge in [0.05, 0.1) is 12.8 Å². The van der Waals surface area contributed by atoms with Crippen LogP contribution < -0.4 is 15.4 Å². The molecule has 0 saturated heterocycles. The van der Waals surface area contributed by atoms with E-state index in [1.165, 1.54) is 0 Å². The molecule has 168 valence electrons. The Balaban J connectivity index is 1.32. The summed E-state index contributed by atoms with van der Waals surface area (Å²) in [7, 11) is 1.62. The molecule has 0 aliphatic carbocycles. The van der Waals surface area contributed by atoms with E-state index >= 15 is 0 Å². The third kappa shape index (κ3) is 4.28. The predicted molar refractivity (Wildman–Crippen MR) is 138 cm³/mol. The van der Waals surface area contributed by atoms with Crippen LogP contribution in [0.1, 0.15) is 10.4 Å². The fourth-order valence-electron chi connectivity index (χ4n) is 3.63. The van der Waals surface area contributed by atoms with Gasteiger partial charge >= 0.3 is 0 Å². The molecule has 1 aromatic heterocycles. The molecule has 2 N–H and O–H groups in total. The summed E-state index contributed by atoms with van der Waals surface area (Å²) in [4.78, 5) is 14.4. The second-order valence-electron chi connectivity index (χ2n) is 7.44. The fourth-order valence-corrected chi connectivity index (χ4v) is 4.07. The highest BCUT2D eigenvalue weighted by molar-refractivity contribution is 7.80. The molecule has 0 fully saturated rings. The van der Waals surface area contributed by atoms with Crippen molar-refractivity contribution in [1.82, 2.24) is 20.3 Å². The third-order valence-corrected chi connectivity index (χ3v) is 5.82. The summed E-state index contributed by atoms with van der Waals surface area (Å²) in [5.74, 6) is 0.436. The molecular formula is C25H18ClN5O2S. The lowest BCUT2D eigenvalue weighted by Gasteiger charge is -2.11. The SMILES string of the molecule is COc1ccc(-n2nc3ccc(NC(=S)NC(=O)c4cccc5c(Cl)cccc45)cc3n2)cc1. The molecule has 1 heterocycles. The number of hydrogen-bond acceptors (Lipinski definition) is 5. The van der Waals surface area contributed by atoms with Crippen molar-refractivity contribution in [2.75, 3.05) is 12.4 Å². The fraction of sp³-hybridized carbons (Fsp3) is 0.0400. The Kier molecular flexibility index (Phi) is 5.83. The van der Waals surface area contributed by atoms with Gasteiger partial charge in [-0.15, -0.1) is 10.2 Å². The van der Waals surface area contributed by atoms with Gasteiger partial charge in [-0.3, -0.25) is 10.1 Å². The lowest BCUT2D eigenvalue weighted by atomic mass is 10.0. The number of hydrogen-bond donors (Lipinski definition) is 2. The van der Waals surface area contributed by atoms with Gasteiger partial charge in [0.25, 0.3) is 5.91 Å². The standard InChI is InChI=1S/C25H18ClN5O2S/c1-33-17-11-9-16(10-12-17)31-29-22-13-8-15(14-23(22)30-31)27-25(34)28-24(32)20-6-2-5-19-18(20)4-3-7-21(19)26/h2-14H,1H3,(H2,27,28,32,34). The molecule has 34 heavy (non-hydrogen) atoms. The minimum absolute atomic E-state index is 0.172. The average molecular weight is 488 g/mol. The van der Waals surface area contributed by atoms with E-state index in [-0.39, 0.29) is 11.0 Å². The van der Waals surface area contributed by atoms with Gasteiger partial charge < -0.3 is 10.1 Å². The zero-order chi connectivity index (χ0) is 23.7. The predicted octanol–water partition coefficient (Wildman–Crippen LogP) is 5.36. The Bertz CT molecular complexity index is 1550. The van der Waals surface area contributed by atoms with Gasteiger partial charge in [-0.05, 0) is 72.2 Å². The molecule has 7 nitrogen and oxygen atoms in total. The number of halogens is 1. The number of nitrogens with zero attached hydrogens (tertiary/aromatic N) is 3. The van der Waals surface area contributed by atoms with E-state index in [0.29, 0.717) is 21.8 Å². The monoisotopic (exact) mass is 487 g/mol. The third-order valence-electron chi connectivity index (χ3n) is 5.28. The Morgan fingerprint density at radius 2 is 1.68 bits per heavy atom. The van der Waals surface area contributed by atoms with Crippen LogP contribution in [0.4, 0.5) is 5.69 Å². The molecule has 5 aromatic rings. The minimum atomic E-state index is -0.322. The molecule has 4 aromatic carbocycles. The number of anilines is 1. The number of rotatable bonds is 4. The number of carbonyl (C=O) groups is 1. The summed E-state index contributed by atoms with van der Waals surface area (Å²) < 4.78 is 5.19. The molecule has 0 unspecified atom stereocenters. The van der Waals surface area contributed by atoms with Gasteiger partial charge in [-0.1, -0.05) is 35.9 Å². The number of aromatic nitrogens is 3. The molecule has 0 aliphatic heterocycles. The number of carbonyl (C=O) groups excluding carboxylic acids is 1. The van der Waals surface area contributed by atoms with Crippen molar-refractivity contribution in [3.63, 3.8) is 0 Å². The van der Waals surface area contributed by atoms with Crippen LogP contribution in [-0.4, -0.2) is 33.1 Å². The number of ether oxygens (including phenoxy) is 1. The van der Waals surface area contributed by atoms with Crippen LogP contribution in [0, 0.1) is 0 Å². The summed E-state index contributed by atoms with van der Waals surface area (Å²) in [5.41, 5.74) is 3.38. The summed E-state index contributed by atoms with van der Waals surface area (Å²) in [6.07, 6.45) is 0. The first-order valence-corrected chi connectivity index (χ1v) is 11.1. The maximum Gasteiger partial charge on any atom is 0.258 e. The highest BCUT2D eigenvalue weighted by Crippen LogP contribution is 2.26. The topological polar surface area (TPSA) is 81.1 Å². The van der Waals surface area contributed by atoms with E-state index in [1.807, 2.05) is 60.7 Å². The molecule has 5 rings (SSSR count). The van der Waals surface area contributed by atoms with E-state index in [0.717, 1.165) is 27.7 Å². The van der Waals surface area contributed by atoms with Gasteiger partial charge in [-0.2, -0.15) is 4.80 Å². The van der Waals surface area contributed by atoms with Crippen LogP contribution in [-0.2, 0) is 0 Å². The maximum absolute atomic E-state index is 12.9. The van der Waals surface area contributed by atoms with Crippen LogP contribution in [0.15, 0.2) is 78.9 Å². The average Bonchev–Trinajstić information content (AvgIpc) is 3.27. The molecule has 0 saturated carbocycles. The molecule has 0 spiro atoms. The molecule has 0 radical (unpaired) electrons. The van der Waals surface area contributed by atoms with E-state index in [2.05, 4.69) is 20.8 Å². The number of nitrogens with one attached hydrogen (secondary N) is 2. The Labute approximate surface area is 205 Å². The number of benzene rings is 4. The van der Waals surface area contributed by atoms with Gasteiger partial charge in [0.2, 0.25) is 0 Å². The second-order valence-corrected chi connectivity index (χ2v) is 8.26. The van der Waals surface area contributed by atoms with Crippen molar-refractivity contribution in [1.29, 1.82) is 0 Å². The Morgan fingerprint density at radius 1 is 0.941 bits per heavy atom. The summed E-state index contributed by atoms with van der Waals surface area (Å²) >= 11 is 11.6. The van der Waals surface area contributed by atoms with E-state index < -0.39 is 0 Å². The zero-order valence-corrected chi connectivity index (χ0v) is 19.5. The highest BCUT2D eigenvalue weighted by Gasteiger charge is 2.13. The number of fused-ring (bicyclic) bond motifs is 2. The summed E-state index contributed by atoms with van der Waals surface area (Å²) in [6.45, 7) is 0. The number of thiocarbonyl (C=S) groups is 1. The molecule has 1 amide bonds. The Morgan fingerprint density at radius 3 is 2.47 bits per heavy atom. The largest absolute Gasteiger partial charge is 0.497 e. The molecule has 0 aliphatic rings. The van der Waals surface area contributed by atoms with Crippen molar-refractivity contribution in [2.45, 2.75) is 0 Å². The van der Waals surface area contributed by atoms with E-state index in [1.54, 1.807) is 30.1 Å². The van der Waals surface area contributed by atoms with E-state index in [9.17, 15) is 4.79 Å². The molecule has 9 heteroatoms. The molecular weight excluding hydrogens is 470 g/mol. The van der Waals surface area contributed by atoms with Crippen LogP contribution in [0.2, 0.25) is 5.02 Å². The van der Waals surface area contributed by atoms with Crippen molar-refractivity contribution in [2.24, 2.45) is 0 Å². The Hall–Kier alpha value is -4.01. The zero-order valence-electron chi connectivity index (χ0n) is 17.9. The molecule has 0 atom stereocenters. The summed E-state index contributed by atoms with van der Waals surface area (Å²) in [6, 6.07) is 23.8. The minimum Gasteiger partial charge on any atom is -0.497 e. The number of amides is 1. The van der Waals surface area contributed by atoms with Crippen LogP contribution in [0.25, 0.3) is 27.5 Å². The normalized spacial score (nSPS) is 10.9. The van der Waals surface area contributed by atoms with Gasteiger partial charge in [-0.25, -0.2) is 0 Å². The highest BCUT2D eigenvalue weighted by atomic mass is 35.5. The second kappa shape index (κ2) is 9.09. The first-order valence-electron chi connectivity index (χ1n) is 10.3. The van der Waals surface area contributed by atoms with Crippen LogP contribution >= 0.6 is 23.8 Å². The quantitative estimate of drug-likeness (QED) is 0.332. The summed E-state index contributed by atoms with van der Waals surface area (Å²) in [5, 5.41) is 17.1. The van der Waals surface area contributed by atoms with Crippen molar-refractivity contribution in [3.8, 4) is 11.4 Å².